The topological polar surface area (TPSA) is 71.1 Å². The lowest BCUT2D eigenvalue weighted by Crippen LogP contribution is -2.42. The number of aromatic nitrogens is 4. The first-order valence-corrected chi connectivity index (χ1v) is 9.49. The number of likely N-dealkylation sites (tertiary alicyclic amines) is 1. The molecule has 4 heterocycles. The Kier molecular flexibility index (Phi) is 5.14. The van der Waals surface area contributed by atoms with Crippen LogP contribution in [0.3, 0.4) is 0 Å². The van der Waals surface area contributed by atoms with Crippen LogP contribution in [-0.4, -0.2) is 61.6 Å². The summed E-state index contributed by atoms with van der Waals surface area (Å²) in [5.41, 5.74) is 2.20. The van der Waals surface area contributed by atoms with Crippen LogP contribution in [0.1, 0.15) is 31.4 Å². The van der Waals surface area contributed by atoms with Crippen molar-refractivity contribution in [2.24, 2.45) is 0 Å². The van der Waals surface area contributed by atoms with Gasteiger partial charge in [0.25, 0.3) is 0 Å². The lowest BCUT2D eigenvalue weighted by atomic mass is 10.0. The van der Waals surface area contributed by atoms with Crippen LogP contribution in [0, 0.1) is 0 Å². The molecular formula is C18H28N6O. The summed E-state index contributed by atoms with van der Waals surface area (Å²) >= 11 is 0. The van der Waals surface area contributed by atoms with Gasteiger partial charge in [-0.2, -0.15) is 5.10 Å². The zero-order valence-corrected chi connectivity index (χ0v) is 14.8. The minimum absolute atomic E-state index is 0.282. The fourth-order valence-corrected chi connectivity index (χ4v) is 4.03. The van der Waals surface area contributed by atoms with Gasteiger partial charge < -0.3 is 15.0 Å². The summed E-state index contributed by atoms with van der Waals surface area (Å²) in [5, 5.41) is 17.7. The third-order valence-corrected chi connectivity index (χ3v) is 5.42. The van der Waals surface area contributed by atoms with E-state index in [-0.39, 0.29) is 6.61 Å². The Bertz CT molecular complexity index is 670. The van der Waals surface area contributed by atoms with Crippen LogP contribution in [0.2, 0.25) is 0 Å². The number of piperidine rings is 1. The van der Waals surface area contributed by atoms with Crippen molar-refractivity contribution < 1.29 is 5.11 Å². The second-order valence-electron chi connectivity index (χ2n) is 7.09. The lowest BCUT2D eigenvalue weighted by molar-refractivity contribution is 0.0882. The zero-order valence-electron chi connectivity index (χ0n) is 14.8. The first kappa shape index (κ1) is 16.8. The molecule has 2 aromatic rings. The van der Waals surface area contributed by atoms with Crippen LogP contribution < -0.4 is 5.32 Å². The highest BCUT2D eigenvalue weighted by atomic mass is 16.3. The number of hydrogen-bond acceptors (Lipinski definition) is 5. The fourth-order valence-electron chi connectivity index (χ4n) is 4.03. The molecule has 2 N–H and O–H groups in total. The highest BCUT2D eigenvalue weighted by Crippen LogP contribution is 2.20. The van der Waals surface area contributed by atoms with Gasteiger partial charge in [-0.1, -0.05) is 6.42 Å². The van der Waals surface area contributed by atoms with Gasteiger partial charge in [0.15, 0.2) is 5.82 Å². The molecule has 25 heavy (non-hydrogen) atoms. The minimum atomic E-state index is 0.282. The Hall–Kier alpha value is -1.70. The maximum atomic E-state index is 9.55. The highest BCUT2D eigenvalue weighted by molar-refractivity contribution is 5.50. The molecule has 1 saturated heterocycles. The van der Waals surface area contributed by atoms with Gasteiger partial charge in [-0.15, -0.1) is 0 Å². The number of aryl methyl sites for hydroxylation is 1. The minimum Gasteiger partial charge on any atom is -0.395 e. The van der Waals surface area contributed by atoms with Crippen LogP contribution in [0.15, 0.2) is 18.5 Å². The van der Waals surface area contributed by atoms with Crippen LogP contribution in [-0.2, 0) is 19.6 Å². The van der Waals surface area contributed by atoms with Crippen molar-refractivity contribution in [3.63, 3.8) is 0 Å². The van der Waals surface area contributed by atoms with E-state index in [1.54, 1.807) is 0 Å². The van der Waals surface area contributed by atoms with E-state index in [4.69, 9.17) is 5.10 Å². The predicted molar refractivity (Wildman–Crippen MR) is 96.1 cm³/mol. The molecule has 4 rings (SSSR count). The van der Waals surface area contributed by atoms with Gasteiger partial charge in [-0.25, -0.2) is 4.98 Å². The van der Waals surface area contributed by atoms with Gasteiger partial charge in [-0.05, 0) is 31.9 Å². The van der Waals surface area contributed by atoms with Crippen LogP contribution in [0.25, 0.3) is 11.5 Å². The number of imidazole rings is 1. The van der Waals surface area contributed by atoms with E-state index >= 15 is 0 Å². The maximum Gasteiger partial charge on any atom is 0.160 e. The van der Waals surface area contributed by atoms with E-state index < -0.39 is 0 Å². The summed E-state index contributed by atoms with van der Waals surface area (Å²) in [7, 11) is 0. The van der Waals surface area contributed by atoms with E-state index in [0.717, 1.165) is 63.6 Å². The molecule has 0 saturated carbocycles. The van der Waals surface area contributed by atoms with Crippen molar-refractivity contribution in [3.8, 4) is 11.5 Å². The number of nitrogens with one attached hydrogen (secondary N) is 1. The van der Waals surface area contributed by atoms with Crippen molar-refractivity contribution >= 4 is 0 Å². The zero-order chi connectivity index (χ0) is 17.1. The molecule has 0 bridgehead atoms. The Morgan fingerprint density at radius 3 is 3.08 bits per heavy atom. The molecule has 0 unspecified atom stereocenters. The monoisotopic (exact) mass is 344 g/mol. The number of fused-ring (bicyclic) bond motifs is 1. The predicted octanol–water partition coefficient (Wildman–Crippen LogP) is 1.09. The quantitative estimate of drug-likeness (QED) is 0.821. The molecule has 1 atom stereocenters. The lowest BCUT2D eigenvalue weighted by Gasteiger charge is -2.34. The molecule has 7 nitrogen and oxygen atoms in total. The second kappa shape index (κ2) is 7.68. The summed E-state index contributed by atoms with van der Waals surface area (Å²) in [6.07, 6.45) is 8.60. The van der Waals surface area contributed by atoms with E-state index in [2.05, 4.69) is 30.5 Å². The molecule has 2 aromatic heterocycles. The average molecular weight is 344 g/mol. The van der Waals surface area contributed by atoms with Crippen molar-refractivity contribution in [1.82, 2.24) is 29.5 Å². The maximum absolute atomic E-state index is 9.55. The number of aliphatic hydroxyl groups excluding tert-OH is 1. The highest BCUT2D eigenvalue weighted by Gasteiger charge is 2.21. The van der Waals surface area contributed by atoms with Gasteiger partial charge in [0.2, 0.25) is 0 Å². The Morgan fingerprint density at radius 1 is 1.24 bits per heavy atom. The summed E-state index contributed by atoms with van der Waals surface area (Å²) in [5.74, 6) is 0.958. The third-order valence-electron chi connectivity index (χ3n) is 5.42. The molecule has 0 aromatic carbocycles. The van der Waals surface area contributed by atoms with Crippen molar-refractivity contribution in [2.45, 2.75) is 51.4 Å². The molecule has 7 heteroatoms. The average Bonchev–Trinajstić information content (AvgIpc) is 3.28. The first-order valence-electron chi connectivity index (χ1n) is 9.49. The molecule has 0 spiro atoms. The molecule has 2 aliphatic rings. The number of nitrogens with zero attached hydrogens (tertiary/aromatic N) is 5. The number of rotatable bonds is 6. The third kappa shape index (κ3) is 3.63. The number of aliphatic hydroxyl groups is 1. The standard InChI is InChI=1S/C18H28N6O/c25-14-15-4-1-2-7-22(15)8-3-9-23-10-6-20-18(23)17-12-16-13-19-5-11-24(16)21-17/h6,10,12,15,19,25H,1-5,7-9,11,13-14H2/t15-/m1/s1. The van der Waals surface area contributed by atoms with E-state index in [1.165, 1.54) is 18.5 Å². The van der Waals surface area contributed by atoms with E-state index in [0.29, 0.717) is 6.04 Å². The van der Waals surface area contributed by atoms with Crippen molar-refractivity contribution in [2.75, 3.05) is 26.2 Å². The molecule has 136 valence electrons. The van der Waals surface area contributed by atoms with Crippen LogP contribution >= 0.6 is 0 Å². The Morgan fingerprint density at radius 2 is 2.20 bits per heavy atom. The normalized spacial score (nSPS) is 21.4. The van der Waals surface area contributed by atoms with E-state index in [1.807, 2.05) is 12.4 Å². The number of hydrogen-bond donors (Lipinski definition) is 2. The smallest absolute Gasteiger partial charge is 0.160 e. The summed E-state index contributed by atoms with van der Waals surface area (Å²) < 4.78 is 4.30. The van der Waals surface area contributed by atoms with E-state index in [9.17, 15) is 5.11 Å². The van der Waals surface area contributed by atoms with Crippen LogP contribution in [0.4, 0.5) is 0 Å². The summed E-state index contributed by atoms with van der Waals surface area (Å²) in [4.78, 5) is 6.99. The molecule has 0 aliphatic carbocycles. The van der Waals surface area contributed by atoms with Gasteiger partial charge in [0.1, 0.15) is 5.69 Å². The van der Waals surface area contributed by atoms with Crippen LogP contribution in [0.5, 0.6) is 0 Å². The second-order valence-corrected chi connectivity index (χ2v) is 7.09. The molecular weight excluding hydrogens is 316 g/mol. The van der Waals surface area contributed by atoms with Crippen molar-refractivity contribution in [3.05, 3.63) is 24.2 Å². The van der Waals surface area contributed by atoms with Gasteiger partial charge in [0, 0.05) is 44.6 Å². The first-order chi connectivity index (χ1) is 12.3. The van der Waals surface area contributed by atoms with Gasteiger partial charge in [-0.3, -0.25) is 9.58 Å². The molecule has 0 amide bonds. The van der Waals surface area contributed by atoms with Gasteiger partial charge >= 0.3 is 0 Å². The fraction of sp³-hybridized carbons (Fsp3) is 0.667. The molecule has 2 aliphatic heterocycles. The SMILES string of the molecule is OC[C@H]1CCCCN1CCCn1ccnc1-c1cc2n(n1)CCNC2. The summed E-state index contributed by atoms with van der Waals surface area (Å²) in [6.45, 7) is 6.15. The molecule has 1 fully saturated rings. The molecule has 0 radical (unpaired) electrons. The Labute approximate surface area is 148 Å². The largest absolute Gasteiger partial charge is 0.395 e. The summed E-state index contributed by atoms with van der Waals surface area (Å²) in [6, 6.07) is 2.50. The van der Waals surface area contributed by atoms with Crippen molar-refractivity contribution in [1.29, 1.82) is 0 Å². The van der Waals surface area contributed by atoms with Gasteiger partial charge in [0.05, 0.1) is 18.8 Å². The Balaban J connectivity index is 1.39.